The van der Waals surface area contributed by atoms with Gasteiger partial charge in [-0.3, -0.25) is 0 Å². The van der Waals surface area contributed by atoms with Crippen molar-refractivity contribution >= 4 is 27.5 Å². The Bertz CT molecular complexity index is 1200. The van der Waals surface area contributed by atoms with Crippen LogP contribution in [0.25, 0.3) is 22.6 Å². The molecular formula is C19H12BrClF3N5. The maximum absolute atomic E-state index is 13.1. The van der Waals surface area contributed by atoms with E-state index in [1.54, 1.807) is 41.1 Å². The molecule has 10 heteroatoms. The Balaban J connectivity index is 1.93. The first kappa shape index (κ1) is 19.7. The Kier molecular flexibility index (Phi) is 4.95. The molecule has 148 valence electrons. The van der Waals surface area contributed by atoms with E-state index in [0.29, 0.717) is 27.7 Å². The summed E-state index contributed by atoms with van der Waals surface area (Å²) in [5.41, 5.74) is 1.33. The fraction of sp³-hybridized carbons (Fsp3) is 0.105. The number of rotatable bonds is 3. The van der Waals surface area contributed by atoms with Gasteiger partial charge in [0.2, 0.25) is 0 Å². The lowest BCUT2D eigenvalue weighted by molar-refractivity contribution is -0.141. The summed E-state index contributed by atoms with van der Waals surface area (Å²) in [5.74, 6) is 0.206. The molecule has 0 N–H and O–H groups in total. The molecule has 2 aromatic carbocycles. The lowest BCUT2D eigenvalue weighted by Crippen LogP contribution is -2.05. The molecule has 2 heterocycles. The largest absolute Gasteiger partial charge is 0.434 e. The second-order valence-electron chi connectivity index (χ2n) is 6.19. The van der Waals surface area contributed by atoms with Crippen LogP contribution in [-0.4, -0.2) is 24.5 Å². The van der Waals surface area contributed by atoms with Crippen LogP contribution in [0.5, 0.6) is 0 Å². The van der Waals surface area contributed by atoms with Gasteiger partial charge in [-0.2, -0.15) is 13.2 Å². The summed E-state index contributed by atoms with van der Waals surface area (Å²) in [6.07, 6.45) is -2.02. The quantitative estimate of drug-likeness (QED) is 0.367. The highest BCUT2D eigenvalue weighted by Crippen LogP contribution is 2.35. The van der Waals surface area contributed by atoms with Crippen molar-refractivity contribution in [3.8, 4) is 22.6 Å². The van der Waals surface area contributed by atoms with Gasteiger partial charge in [0.1, 0.15) is 5.82 Å². The maximum atomic E-state index is 13.1. The van der Waals surface area contributed by atoms with Crippen molar-refractivity contribution in [2.24, 2.45) is 0 Å². The van der Waals surface area contributed by atoms with Crippen LogP contribution in [0.4, 0.5) is 13.2 Å². The first-order valence-corrected chi connectivity index (χ1v) is 9.52. The third kappa shape index (κ3) is 3.67. The van der Waals surface area contributed by atoms with Gasteiger partial charge in [0, 0.05) is 16.2 Å². The van der Waals surface area contributed by atoms with Crippen LogP contribution in [0.2, 0.25) is 5.02 Å². The normalized spacial score (nSPS) is 11.8. The SMILES string of the molecule is Cc1nc(C(F)(F)F)cn1-c1ccc(Br)cc1-c1cnnn1-c1ccccc1Cl. The molecule has 0 spiro atoms. The summed E-state index contributed by atoms with van der Waals surface area (Å²) < 4.78 is 43.1. The molecule has 0 amide bonds. The highest BCUT2D eigenvalue weighted by molar-refractivity contribution is 9.10. The van der Waals surface area contributed by atoms with Crippen LogP contribution in [0.3, 0.4) is 0 Å². The van der Waals surface area contributed by atoms with E-state index in [9.17, 15) is 13.2 Å². The zero-order chi connectivity index (χ0) is 20.8. The molecule has 29 heavy (non-hydrogen) atoms. The predicted octanol–water partition coefficient (Wildman–Crippen LogP) is 5.86. The number of nitrogens with zero attached hydrogens (tertiary/aromatic N) is 5. The van der Waals surface area contributed by atoms with Crippen molar-refractivity contribution in [2.45, 2.75) is 13.1 Å². The number of para-hydroxylation sites is 1. The monoisotopic (exact) mass is 481 g/mol. The second-order valence-corrected chi connectivity index (χ2v) is 7.51. The fourth-order valence-corrected chi connectivity index (χ4v) is 3.57. The topological polar surface area (TPSA) is 48.5 Å². The van der Waals surface area contributed by atoms with Crippen LogP contribution in [0.1, 0.15) is 11.5 Å². The predicted molar refractivity (Wildman–Crippen MR) is 106 cm³/mol. The summed E-state index contributed by atoms with van der Waals surface area (Å²) in [7, 11) is 0. The Morgan fingerprint density at radius 3 is 2.52 bits per heavy atom. The minimum atomic E-state index is -4.54. The number of hydrogen-bond donors (Lipinski definition) is 0. The van der Waals surface area contributed by atoms with Gasteiger partial charge in [-0.05, 0) is 37.3 Å². The summed E-state index contributed by atoms with van der Waals surface area (Å²) in [4.78, 5) is 3.66. The van der Waals surface area contributed by atoms with Crippen LogP contribution in [-0.2, 0) is 6.18 Å². The van der Waals surface area contributed by atoms with E-state index in [1.807, 2.05) is 6.07 Å². The fourth-order valence-electron chi connectivity index (χ4n) is 3.00. The number of hydrogen-bond acceptors (Lipinski definition) is 3. The zero-order valence-electron chi connectivity index (χ0n) is 14.8. The van der Waals surface area contributed by atoms with Crippen molar-refractivity contribution in [3.05, 3.63) is 75.9 Å². The van der Waals surface area contributed by atoms with Crippen molar-refractivity contribution < 1.29 is 13.2 Å². The molecule has 5 nitrogen and oxygen atoms in total. The van der Waals surface area contributed by atoms with E-state index in [-0.39, 0.29) is 5.82 Å². The molecule has 0 radical (unpaired) electrons. The minimum absolute atomic E-state index is 0.206. The summed E-state index contributed by atoms with van der Waals surface area (Å²) >= 11 is 9.73. The molecule has 0 atom stereocenters. The van der Waals surface area contributed by atoms with Crippen LogP contribution in [0, 0.1) is 6.92 Å². The van der Waals surface area contributed by atoms with Gasteiger partial charge >= 0.3 is 6.18 Å². The number of alkyl halides is 3. The summed E-state index contributed by atoms with van der Waals surface area (Å²) in [5, 5.41) is 8.57. The first-order valence-electron chi connectivity index (χ1n) is 8.35. The minimum Gasteiger partial charge on any atom is -0.303 e. The van der Waals surface area contributed by atoms with Crippen LogP contribution >= 0.6 is 27.5 Å². The highest BCUT2D eigenvalue weighted by Gasteiger charge is 2.34. The Morgan fingerprint density at radius 1 is 1.07 bits per heavy atom. The lowest BCUT2D eigenvalue weighted by atomic mass is 10.1. The summed E-state index contributed by atoms with van der Waals surface area (Å²) in [6, 6.07) is 12.3. The molecule has 0 aliphatic carbocycles. The molecule has 0 unspecified atom stereocenters. The number of imidazole rings is 1. The first-order chi connectivity index (χ1) is 13.8. The Morgan fingerprint density at radius 2 is 1.83 bits per heavy atom. The number of aromatic nitrogens is 5. The number of benzene rings is 2. The smallest absolute Gasteiger partial charge is 0.303 e. The third-order valence-corrected chi connectivity index (χ3v) is 5.11. The van der Waals surface area contributed by atoms with Gasteiger partial charge in [0.25, 0.3) is 0 Å². The van der Waals surface area contributed by atoms with E-state index >= 15 is 0 Å². The van der Waals surface area contributed by atoms with Crippen molar-refractivity contribution in [3.63, 3.8) is 0 Å². The molecule has 0 bridgehead atoms. The molecule has 2 aromatic heterocycles. The van der Waals surface area contributed by atoms with E-state index in [0.717, 1.165) is 10.7 Å². The van der Waals surface area contributed by atoms with Gasteiger partial charge in [0.15, 0.2) is 5.69 Å². The Labute approximate surface area is 176 Å². The van der Waals surface area contributed by atoms with Crippen LogP contribution in [0.15, 0.2) is 59.3 Å². The standard InChI is InChI=1S/C19H12BrClF3N5/c1-11-26-18(19(22,23)24)10-28(11)15-7-6-12(20)8-13(15)17-9-25-27-29(17)16-5-3-2-4-14(16)21/h2-10H,1H3. The van der Waals surface area contributed by atoms with Crippen LogP contribution < -0.4 is 0 Å². The van der Waals surface area contributed by atoms with E-state index in [1.165, 1.54) is 17.7 Å². The van der Waals surface area contributed by atoms with Crippen molar-refractivity contribution in [1.29, 1.82) is 0 Å². The zero-order valence-corrected chi connectivity index (χ0v) is 17.2. The second kappa shape index (κ2) is 7.31. The Hall–Kier alpha value is -2.65. The number of halogens is 5. The van der Waals surface area contributed by atoms with Gasteiger partial charge < -0.3 is 4.57 Å². The molecule has 0 fully saturated rings. The average molecular weight is 483 g/mol. The van der Waals surface area contributed by atoms with Crippen molar-refractivity contribution in [2.75, 3.05) is 0 Å². The molecule has 0 aliphatic rings. The van der Waals surface area contributed by atoms with Gasteiger partial charge in [0.05, 0.1) is 28.3 Å². The van der Waals surface area contributed by atoms with Gasteiger partial charge in [-0.1, -0.05) is 44.9 Å². The molecular weight excluding hydrogens is 471 g/mol. The molecule has 0 aliphatic heterocycles. The summed E-state index contributed by atoms with van der Waals surface area (Å²) in [6.45, 7) is 1.52. The van der Waals surface area contributed by atoms with Gasteiger partial charge in [-0.25, -0.2) is 9.67 Å². The van der Waals surface area contributed by atoms with E-state index in [2.05, 4.69) is 31.2 Å². The lowest BCUT2D eigenvalue weighted by Gasteiger charge is -2.14. The number of aryl methyl sites for hydroxylation is 1. The molecule has 4 aromatic rings. The maximum Gasteiger partial charge on any atom is 0.434 e. The molecule has 0 saturated carbocycles. The van der Waals surface area contributed by atoms with Gasteiger partial charge in [-0.15, -0.1) is 5.10 Å². The van der Waals surface area contributed by atoms with E-state index < -0.39 is 11.9 Å². The van der Waals surface area contributed by atoms with E-state index in [4.69, 9.17) is 11.6 Å². The van der Waals surface area contributed by atoms with Crippen molar-refractivity contribution in [1.82, 2.24) is 24.5 Å². The highest BCUT2D eigenvalue weighted by atomic mass is 79.9. The average Bonchev–Trinajstić information content (AvgIpc) is 3.29. The molecule has 0 saturated heterocycles. The molecule has 4 rings (SSSR count). The third-order valence-electron chi connectivity index (χ3n) is 4.30.